The highest BCUT2D eigenvalue weighted by Crippen LogP contribution is 2.32. The first-order chi connectivity index (χ1) is 9.44. The molecule has 0 radical (unpaired) electrons. The van der Waals surface area contributed by atoms with Crippen molar-refractivity contribution in [3.05, 3.63) is 0 Å². The average Bonchev–Trinajstić information content (AvgIpc) is 3.17. The fraction of sp³-hybridized carbons (Fsp3) is 0.933. The highest BCUT2D eigenvalue weighted by Gasteiger charge is 2.33. The quantitative estimate of drug-likeness (QED) is 0.820. The summed E-state index contributed by atoms with van der Waals surface area (Å²) in [5, 5.41) is 6.66. The molecule has 0 spiro atoms. The van der Waals surface area contributed by atoms with Gasteiger partial charge in [0.25, 0.3) is 0 Å². The van der Waals surface area contributed by atoms with E-state index in [0.717, 1.165) is 6.54 Å². The van der Waals surface area contributed by atoms with Gasteiger partial charge in [-0.15, -0.1) is 0 Å². The fourth-order valence-corrected chi connectivity index (χ4v) is 3.59. The Kier molecular flexibility index (Phi) is 5.61. The molecule has 1 saturated heterocycles. The van der Waals surface area contributed by atoms with Crippen LogP contribution in [0, 0.1) is 5.92 Å². The van der Waals surface area contributed by atoms with Gasteiger partial charge in [0.2, 0.25) is 0 Å². The van der Waals surface area contributed by atoms with Crippen molar-refractivity contribution in [2.45, 2.75) is 64.1 Å². The van der Waals surface area contributed by atoms with Gasteiger partial charge in [-0.05, 0) is 58.1 Å². The molecule has 2 rings (SSSR count). The van der Waals surface area contributed by atoms with Crippen LogP contribution in [0.4, 0.5) is 4.79 Å². The van der Waals surface area contributed by atoms with Crippen molar-refractivity contribution < 1.29 is 9.53 Å². The smallest absolute Gasteiger partial charge is 0.407 e. The van der Waals surface area contributed by atoms with Crippen molar-refractivity contribution in [2.24, 2.45) is 5.92 Å². The zero-order chi connectivity index (χ0) is 14.6. The number of hydrogen-bond donors (Lipinski definition) is 2. The van der Waals surface area contributed by atoms with E-state index in [1.807, 2.05) is 32.5 Å². The van der Waals surface area contributed by atoms with Crippen molar-refractivity contribution >= 4 is 17.9 Å². The van der Waals surface area contributed by atoms with E-state index < -0.39 is 5.60 Å². The lowest BCUT2D eigenvalue weighted by molar-refractivity contribution is 0.0496. The Morgan fingerprint density at radius 1 is 1.35 bits per heavy atom. The lowest BCUT2D eigenvalue weighted by Gasteiger charge is -2.27. The molecule has 0 aromatic heterocycles. The largest absolute Gasteiger partial charge is 0.444 e. The van der Waals surface area contributed by atoms with Crippen LogP contribution in [0.2, 0.25) is 0 Å². The molecular weight excluding hydrogens is 272 g/mol. The topological polar surface area (TPSA) is 50.4 Å². The summed E-state index contributed by atoms with van der Waals surface area (Å²) in [6.07, 6.45) is 4.73. The minimum atomic E-state index is -0.425. The summed E-state index contributed by atoms with van der Waals surface area (Å²) in [6.45, 7) is 6.57. The molecule has 0 aromatic carbocycles. The second-order valence-corrected chi connectivity index (χ2v) is 8.06. The number of hydrogen-bond acceptors (Lipinski definition) is 4. The third-order valence-electron chi connectivity index (χ3n) is 3.68. The van der Waals surface area contributed by atoms with Gasteiger partial charge in [0, 0.05) is 24.4 Å². The van der Waals surface area contributed by atoms with Crippen LogP contribution in [-0.2, 0) is 4.74 Å². The van der Waals surface area contributed by atoms with Gasteiger partial charge in [-0.25, -0.2) is 4.79 Å². The summed E-state index contributed by atoms with van der Waals surface area (Å²) >= 11 is 2.03. The molecule has 1 aliphatic carbocycles. The van der Waals surface area contributed by atoms with Gasteiger partial charge in [-0.3, -0.25) is 0 Å². The number of rotatable bonds is 5. The minimum Gasteiger partial charge on any atom is -0.444 e. The van der Waals surface area contributed by atoms with Gasteiger partial charge in [0.05, 0.1) is 0 Å². The predicted octanol–water partition coefficient (Wildman–Crippen LogP) is 2.77. The Labute approximate surface area is 126 Å². The molecule has 20 heavy (non-hydrogen) atoms. The minimum absolute atomic E-state index is 0.219. The first-order valence-corrected chi connectivity index (χ1v) is 8.90. The van der Waals surface area contributed by atoms with Crippen LogP contribution < -0.4 is 10.6 Å². The summed E-state index contributed by atoms with van der Waals surface area (Å²) in [6, 6.07) is 0.826. The van der Waals surface area contributed by atoms with Crippen molar-refractivity contribution in [3.8, 4) is 0 Å². The summed E-state index contributed by atoms with van der Waals surface area (Å²) < 4.78 is 5.36. The number of carbonyl (C=O) groups is 1. The molecule has 2 fully saturated rings. The molecule has 0 bridgehead atoms. The third kappa shape index (κ3) is 5.92. The molecule has 1 heterocycles. The number of thioether (sulfide) groups is 1. The summed E-state index contributed by atoms with van der Waals surface area (Å²) in [5.74, 6) is 3.12. The monoisotopic (exact) mass is 300 g/mol. The van der Waals surface area contributed by atoms with Gasteiger partial charge < -0.3 is 15.4 Å². The average molecular weight is 300 g/mol. The fourth-order valence-electron chi connectivity index (χ4n) is 2.49. The normalized spacial score (nSPS) is 25.1. The number of nitrogens with one attached hydrogen (secondary N) is 2. The van der Waals surface area contributed by atoms with Crippen LogP contribution in [0.15, 0.2) is 0 Å². The van der Waals surface area contributed by atoms with E-state index in [2.05, 4.69) is 10.6 Å². The maximum Gasteiger partial charge on any atom is 0.407 e. The Morgan fingerprint density at radius 3 is 2.65 bits per heavy atom. The van der Waals surface area contributed by atoms with Crippen LogP contribution in [-0.4, -0.2) is 41.8 Å². The van der Waals surface area contributed by atoms with Gasteiger partial charge >= 0.3 is 6.09 Å². The van der Waals surface area contributed by atoms with Crippen LogP contribution in [0.25, 0.3) is 0 Å². The van der Waals surface area contributed by atoms with Crippen molar-refractivity contribution in [1.82, 2.24) is 10.6 Å². The Bertz CT molecular complexity index is 320. The van der Waals surface area contributed by atoms with E-state index in [0.29, 0.717) is 12.0 Å². The van der Waals surface area contributed by atoms with Crippen LogP contribution >= 0.6 is 11.8 Å². The number of alkyl carbamates (subject to hydrolysis) is 1. The molecule has 2 N–H and O–H groups in total. The van der Waals surface area contributed by atoms with Crippen LogP contribution in [0.1, 0.15) is 46.5 Å². The van der Waals surface area contributed by atoms with Gasteiger partial charge in [-0.2, -0.15) is 11.8 Å². The van der Waals surface area contributed by atoms with E-state index in [1.54, 1.807) is 0 Å². The van der Waals surface area contributed by atoms with E-state index in [-0.39, 0.29) is 12.1 Å². The molecule has 2 atom stereocenters. The summed E-state index contributed by atoms with van der Waals surface area (Å²) in [4.78, 5) is 11.9. The third-order valence-corrected chi connectivity index (χ3v) is 4.90. The van der Waals surface area contributed by atoms with Crippen LogP contribution in [0.5, 0.6) is 0 Å². The van der Waals surface area contributed by atoms with Gasteiger partial charge in [-0.1, -0.05) is 0 Å². The van der Waals surface area contributed by atoms with Gasteiger partial charge in [0.15, 0.2) is 0 Å². The molecule has 2 aliphatic rings. The maximum atomic E-state index is 11.9. The Hall–Kier alpha value is -0.420. The van der Waals surface area contributed by atoms with E-state index >= 15 is 0 Å². The zero-order valence-corrected chi connectivity index (χ0v) is 13.7. The van der Waals surface area contributed by atoms with E-state index in [1.165, 1.54) is 37.2 Å². The highest BCUT2D eigenvalue weighted by molar-refractivity contribution is 7.99. The lowest BCUT2D eigenvalue weighted by Crippen LogP contribution is -2.48. The van der Waals surface area contributed by atoms with Crippen molar-refractivity contribution in [2.75, 3.05) is 18.1 Å². The summed E-state index contributed by atoms with van der Waals surface area (Å²) in [5.41, 5.74) is -0.425. The number of amides is 1. The zero-order valence-electron chi connectivity index (χ0n) is 12.9. The summed E-state index contributed by atoms with van der Waals surface area (Å²) in [7, 11) is 0. The molecule has 1 amide bonds. The van der Waals surface area contributed by atoms with Crippen molar-refractivity contribution in [3.63, 3.8) is 0 Å². The first kappa shape index (κ1) is 16.0. The molecule has 116 valence electrons. The molecule has 0 aromatic rings. The standard InChI is InChI=1S/C15H28N2O2S/c1-15(2,3)19-14(18)17-13(11-6-7-11)9-16-12-5-4-8-20-10-12/h11-13,16H,4-10H2,1-3H3,(H,17,18). The SMILES string of the molecule is CC(C)(C)OC(=O)NC(CNC1CCCSC1)C1CC1. The Balaban J connectivity index is 1.74. The van der Waals surface area contributed by atoms with Crippen LogP contribution in [0.3, 0.4) is 0 Å². The van der Waals surface area contributed by atoms with E-state index in [4.69, 9.17) is 4.74 Å². The molecule has 1 saturated carbocycles. The molecule has 5 heteroatoms. The predicted molar refractivity (Wildman–Crippen MR) is 84.2 cm³/mol. The Morgan fingerprint density at radius 2 is 2.10 bits per heavy atom. The molecule has 4 nitrogen and oxygen atoms in total. The maximum absolute atomic E-state index is 11.9. The molecule has 1 aliphatic heterocycles. The second-order valence-electron chi connectivity index (χ2n) is 6.91. The highest BCUT2D eigenvalue weighted by atomic mass is 32.2. The first-order valence-electron chi connectivity index (χ1n) is 7.75. The molecule has 2 unspecified atom stereocenters. The van der Waals surface area contributed by atoms with E-state index in [9.17, 15) is 4.79 Å². The number of ether oxygens (including phenoxy) is 1. The number of carbonyl (C=O) groups excluding carboxylic acids is 1. The van der Waals surface area contributed by atoms with Crippen molar-refractivity contribution in [1.29, 1.82) is 0 Å². The molecular formula is C15H28N2O2S. The second kappa shape index (κ2) is 7.03. The van der Waals surface area contributed by atoms with Gasteiger partial charge in [0.1, 0.15) is 5.60 Å². The lowest BCUT2D eigenvalue weighted by atomic mass is 10.1.